The van der Waals surface area contributed by atoms with Crippen molar-refractivity contribution in [2.24, 2.45) is 0 Å². The standard InChI is InChI=1S/C22H23N5O2/c1-15-21(16(2)27(25-15)13-17-6-4-3-5-7-17)20-14-29-11-10-26(20)22(28)19-9-8-18(12-23)24-19/h3-9,20,24H,10-11,13-14H2,1-2H3. The van der Waals surface area contributed by atoms with Crippen LogP contribution < -0.4 is 0 Å². The fourth-order valence-corrected chi connectivity index (χ4v) is 3.93. The van der Waals surface area contributed by atoms with Crippen molar-refractivity contribution >= 4 is 5.91 Å². The smallest absolute Gasteiger partial charge is 0.270 e. The van der Waals surface area contributed by atoms with Gasteiger partial charge in [-0.1, -0.05) is 30.3 Å². The van der Waals surface area contributed by atoms with Crippen molar-refractivity contribution < 1.29 is 9.53 Å². The second-order valence-corrected chi connectivity index (χ2v) is 7.21. The van der Waals surface area contributed by atoms with Gasteiger partial charge in [0.05, 0.1) is 31.5 Å². The Morgan fingerprint density at radius 1 is 1.28 bits per heavy atom. The number of hydrogen-bond donors (Lipinski definition) is 1. The van der Waals surface area contributed by atoms with Crippen molar-refractivity contribution in [2.75, 3.05) is 19.8 Å². The van der Waals surface area contributed by atoms with Crippen molar-refractivity contribution in [1.29, 1.82) is 5.26 Å². The molecular weight excluding hydrogens is 366 g/mol. The molecule has 1 unspecified atom stereocenters. The van der Waals surface area contributed by atoms with Gasteiger partial charge in [-0.25, -0.2) is 0 Å². The van der Waals surface area contributed by atoms with E-state index < -0.39 is 0 Å². The number of carbonyl (C=O) groups is 1. The molecule has 29 heavy (non-hydrogen) atoms. The lowest BCUT2D eigenvalue weighted by Gasteiger charge is -2.35. The molecule has 0 aliphatic carbocycles. The maximum atomic E-state index is 13.1. The zero-order valence-corrected chi connectivity index (χ0v) is 16.6. The number of morpholine rings is 1. The minimum atomic E-state index is -0.213. The number of amides is 1. The Labute approximate surface area is 169 Å². The number of nitrogens with one attached hydrogen (secondary N) is 1. The average Bonchev–Trinajstić information content (AvgIpc) is 3.33. The van der Waals surface area contributed by atoms with Crippen LogP contribution in [0.3, 0.4) is 0 Å². The number of nitriles is 1. The van der Waals surface area contributed by atoms with Crippen molar-refractivity contribution in [3.05, 3.63) is 76.4 Å². The minimum Gasteiger partial charge on any atom is -0.377 e. The summed E-state index contributed by atoms with van der Waals surface area (Å²) in [6.07, 6.45) is 0. The summed E-state index contributed by atoms with van der Waals surface area (Å²) in [7, 11) is 0. The molecule has 1 fully saturated rings. The summed E-state index contributed by atoms with van der Waals surface area (Å²) in [5, 5.41) is 13.8. The lowest BCUT2D eigenvalue weighted by atomic mass is 10.0. The fourth-order valence-electron chi connectivity index (χ4n) is 3.93. The molecule has 4 rings (SSSR count). The van der Waals surface area contributed by atoms with Gasteiger partial charge in [0, 0.05) is 17.8 Å². The quantitative estimate of drug-likeness (QED) is 0.743. The van der Waals surface area contributed by atoms with Crippen LogP contribution >= 0.6 is 0 Å². The molecular formula is C22H23N5O2. The molecule has 1 N–H and O–H groups in total. The second-order valence-electron chi connectivity index (χ2n) is 7.21. The molecule has 2 aromatic heterocycles. The molecule has 3 heterocycles. The van der Waals surface area contributed by atoms with Gasteiger partial charge in [0.15, 0.2) is 0 Å². The summed E-state index contributed by atoms with van der Waals surface area (Å²) in [6.45, 7) is 6.10. The topological polar surface area (TPSA) is 86.9 Å². The number of aryl methyl sites for hydroxylation is 1. The van der Waals surface area contributed by atoms with E-state index in [1.54, 1.807) is 12.1 Å². The van der Waals surface area contributed by atoms with Crippen LogP contribution in [-0.2, 0) is 11.3 Å². The molecule has 0 radical (unpaired) electrons. The van der Waals surface area contributed by atoms with E-state index in [4.69, 9.17) is 15.1 Å². The monoisotopic (exact) mass is 389 g/mol. The maximum absolute atomic E-state index is 13.1. The zero-order valence-electron chi connectivity index (χ0n) is 16.6. The Kier molecular flexibility index (Phi) is 5.19. The van der Waals surface area contributed by atoms with Gasteiger partial charge in [-0.05, 0) is 31.5 Å². The number of aromatic nitrogens is 3. The predicted molar refractivity (Wildman–Crippen MR) is 107 cm³/mol. The molecule has 7 nitrogen and oxygen atoms in total. The molecule has 1 aliphatic heterocycles. The normalized spacial score (nSPS) is 16.6. The third kappa shape index (κ3) is 3.67. The van der Waals surface area contributed by atoms with Crippen molar-refractivity contribution in [2.45, 2.75) is 26.4 Å². The molecule has 0 saturated carbocycles. The highest BCUT2D eigenvalue weighted by atomic mass is 16.5. The first-order chi connectivity index (χ1) is 14.1. The SMILES string of the molecule is Cc1nn(Cc2ccccc2)c(C)c1C1COCCN1C(=O)c1ccc(C#N)[nH]1. The van der Waals surface area contributed by atoms with Gasteiger partial charge in [0.25, 0.3) is 5.91 Å². The van der Waals surface area contributed by atoms with E-state index >= 15 is 0 Å². The highest BCUT2D eigenvalue weighted by Gasteiger charge is 2.33. The van der Waals surface area contributed by atoms with Crippen LogP contribution in [-0.4, -0.2) is 45.3 Å². The van der Waals surface area contributed by atoms with E-state index in [9.17, 15) is 4.79 Å². The first-order valence-electron chi connectivity index (χ1n) is 9.64. The number of carbonyl (C=O) groups excluding carboxylic acids is 1. The molecule has 1 saturated heterocycles. The summed E-state index contributed by atoms with van der Waals surface area (Å²) in [5.41, 5.74) is 4.93. The number of aromatic amines is 1. The van der Waals surface area contributed by atoms with Crippen LogP contribution in [0.2, 0.25) is 0 Å². The van der Waals surface area contributed by atoms with Crippen LogP contribution in [0.15, 0.2) is 42.5 Å². The molecule has 0 bridgehead atoms. The molecule has 1 atom stereocenters. The second kappa shape index (κ2) is 7.94. The average molecular weight is 389 g/mol. The number of hydrogen-bond acceptors (Lipinski definition) is 4. The van der Waals surface area contributed by atoms with Crippen LogP contribution in [0.25, 0.3) is 0 Å². The van der Waals surface area contributed by atoms with Gasteiger partial charge in [-0.15, -0.1) is 0 Å². The van der Waals surface area contributed by atoms with Crippen LogP contribution in [0.1, 0.15) is 44.7 Å². The molecule has 1 amide bonds. The Hall–Kier alpha value is -3.37. The van der Waals surface area contributed by atoms with Crippen LogP contribution in [0.5, 0.6) is 0 Å². The summed E-state index contributed by atoms with van der Waals surface area (Å²) in [4.78, 5) is 17.8. The fraction of sp³-hybridized carbons (Fsp3) is 0.318. The number of benzene rings is 1. The molecule has 3 aromatic rings. The van der Waals surface area contributed by atoms with Gasteiger partial charge in [0.2, 0.25) is 0 Å². The first kappa shape index (κ1) is 19.0. The van der Waals surface area contributed by atoms with Gasteiger partial charge in [-0.2, -0.15) is 10.4 Å². The minimum absolute atomic E-state index is 0.130. The van der Waals surface area contributed by atoms with Gasteiger partial charge >= 0.3 is 0 Å². The number of ether oxygens (including phenoxy) is 1. The summed E-state index contributed by atoms with van der Waals surface area (Å²) in [6, 6.07) is 15.3. The van der Waals surface area contributed by atoms with E-state index in [1.165, 1.54) is 5.56 Å². The van der Waals surface area contributed by atoms with Crippen molar-refractivity contribution in [3.8, 4) is 6.07 Å². The number of H-pyrrole nitrogens is 1. The van der Waals surface area contributed by atoms with Crippen molar-refractivity contribution in [3.63, 3.8) is 0 Å². The maximum Gasteiger partial charge on any atom is 0.270 e. The van der Waals surface area contributed by atoms with E-state index in [1.807, 2.05) is 47.7 Å². The molecule has 7 heteroatoms. The summed E-state index contributed by atoms with van der Waals surface area (Å²) in [5.74, 6) is -0.130. The lowest BCUT2D eigenvalue weighted by Crippen LogP contribution is -2.44. The lowest BCUT2D eigenvalue weighted by molar-refractivity contribution is -0.00333. The van der Waals surface area contributed by atoms with Gasteiger partial charge < -0.3 is 14.6 Å². The van der Waals surface area contributed by atoms with Crippen LogP contribution in [0.4, 0.5) is 0 Å². The Morgan fingerprint density at radius 3 is 2.79 bits per heavy atom. The molecule has 1 aromatic carbocycles. The van der Waals surface area contributed by atoms with E-state index in [0.29, 0.717) is 37.7 Å². The molecule has 0 spiro atoms. The third-order valence-corrected chi connectivity index (χ3v) is 5.37. The largest absolute Gasteiger partial charge is 0.377 e. The van der Waals surface area contributed by atoms with Crippen LogP contribution in [0, 0.1) is 25.2 Å². The molecule has 1 aliphatic rings. The van der Waals surface area contributed by atoms with Gasteiger partial charge in [-0.3, -0.25) is 9.48 Å². The predicted octanol–water partition coefficient (Wildman–Crippen LogP) is 2.96. The first-order valence-corrected chi connectivity index (χ1v) is 9.64. The summed E-state index contributed by atoms with van der Waals surface area (Å²) >= 11 is 0. The van der Waals surface area contributed by atoms with E-state index in [2.05, 4.69) is 17.1 Å². The number of nitrogens with zero attached hydrogens (tertiary/aromatic N) is 4. The zero-order chi connectivity index (χ0) is 20.4. The van der Waals surface area contributed by atoms with E-state index in [0.717, 1.165) is 17.0 Å². The highest BCUT2D eigenvalue weighted by molar-refractivity contribution is 5.93. The Morgan fingerprint density at radius 2 is 2.07 bits per heavy atom. The number of rotatable bonds is 4. The van der Waals surface area contributed by atoms with Gasteiger partial charge in [0.1, 0.15) is 17.5 Å². The Balaban J connectivity index is 1.65. The highest BCUT2D eigenvalue weighted by Crippen LogP contribution is 2.31. The Bertz CT molecular complexity index is 1060. The van der Waals surface area contributed by atoms with E-state index in [-0.39, 0.29) is 11.9 Å². The molecule has 148 valence electrons. The summed E-state index contributed by atoms with van der Waals surface area (Å²) < 4.78 is 7.71. The third-order valence-electron chi connectivity index (χ3n) is 5.37. The van der Waals surface area contributed by atoms with Crippen molar-refractivity contribution in [1.82, 2.24) is 19.7 Å².